The van der Waals surface area contributed by atoms with Gasteiger partial charge in [-0.05, 0) is 49.5 Å². The fourth-order valence-corrected chi connectivity index (χ4v) is 3.59. The van der Waals surface area contributed by atoms with Crippen LogP contribution in [0.15, 0.2) is 54.9 Å². The summed E-state index contributed by atoms with van der Waals surface area (Å²) in [6, 6.07) is 14.5. The summed E-state index contributed by atoms with van der Waals surface area (Å²) in [5.41, 5.74) is 9.62. The molecule has 0 atom stereocenters. The molecule has 3 heterocycles. The predicted molar refractivity (Wildman–Crippen MR) is 127 cm³/mol. The molecule has 0 unspecified atom stereocenters. The average molecular weight is 419 g/mol. The second-order valence-electron chi connectivity index (χ2n) is 7.76. The van der Waals surface area contributed by atoms with Crippen molar-refractivity contribution in [3.8, 4) is 11.3 Å². The Hall–Kier alpha value is -3.23. The third kappa shape index (κ3) is 5.10. The number of pyridine rings is 1. The zero-order valence-electron chi connectivity index (χ0n) is 18.2. The van der Waals surface area contributed by atoms with Gasteiger partial charge in [0.2, 0.25) is 5.95 Å². The first-order valence-corrected chi connectivity index (χ1v) is 10.6. The Bertz CT molecular complexity index is 966. The smallest absolute Gasteiger partial charge is 0.230 e. The van der Waals surface area contributed by atoms with Gasteiger partial charge in [-0.25, -0.2) is 15.0 Å². The number of likely N-dealkylation sites (N-methyl/N-ethyl adjacent to an activating group) is 1. The molecule has 1 aromatic carbocycles. The van der Waals surface area contributed by atoms with Crippen LogP contribution in [-0.4, -0.2) is 73.2 Å². The number of nitrogens with one attached hydrogen (secondary N) is 1. The fraction of sp³-hybridized carbons (Fsp3) is 0.348. The lowest BCUT2D eigenvalue weighted by atomic mass is 10.2. The van der Waals surface area contributed by atoms with E-state index in [1.165, 1.54) is 5.69 Å². The van der Waals surface area contributed by atoms with Crippen LogP contribution in [0.3, 0.4) is 0 Å². The summed E-state index contributed by atoms with van der Waals surface area (Å²) in [5, 5.41) is 3.17. The van der Waals surface area contributed by atoms with Gasteiger partial charge in [0.15, 0.2) is 0 Å². The van der Waals surface area contributed by atoms with E-state index in [1.54, 1.807) is 6.20 Å². The zero-order chi connectivity index (χ0) is 21.6. The normalized spacial score (nSPS) is 14.5. The summed E-state index contributed by atoms with van der Waals surface area (Å²) < 4.78 is 0. The number of hydrogen-bond acceptors (Lipinski definition) is 8. The molecule has 8 nitrogen and oxygen atoms in total. The second-order valence-corrected chi connectivity index (χ2v) is 7.76. The lowest BCUT2D eigenvalue weighted by molar-refractivity contribution is 0.313. The van der Waals surface area contributed by atoms with Crippen molar-refractivity contribution in [3.05, 3.63) is 54.9 Å². The molecule has 3 aromatic rings. The van der Waals surface area contributed by atoms with Gasteiger partial charge < -0.3 is 25.8 Å². The SMILES string of the molecule is CN1CCN(c2ccc(N(C)c3nccc(-c4ccc(NCCN)nc4)n3)cc2)CC1. The maximum absolute atomic E-state index is 5.53. The Labute approximate surface area is 183 Å². The highest BCUT2D eigenvalue weighted by atomic mass is 15.3. The predicted octanol–water partition coefficient (Wildman–Crippen LogP) is 2.43. The largest absolute Gasteiger partial charge is 0.369 e. The van der Waals surface area contributed by atoms with Crippen molar-refractivity contribution in [2.45, 2.75) is 0 Å². The van der Waals surface area contributed by atoms with Gasteiger partial charge in [0.1, 0.15) is 5.82 Å². The molecule has 1 aliphatic rings. The lowest BCUT2D eigenvalue weighted by Gasteiger charge is -2.34. The third-order valence-electron chi connectivity index (χ3n) is 5.56. The first-order valence-electron chi connectivity index (χ1n) is 10.6. The van der Waals surface area contributed by atoms with E-state index in [2.05, 4.69) is 56.4 Å². The summed E-state index contributed by atoms with van der Waals surface area (Å²) in [6.07, 6.45) is 3.60. The van der Waals surface area contributed by atoms with E-state index < -0.39 is 0 Å². The topological polar surface area (TPSA) is 86.4 Å². The maximum atomic E-state index is 5.53. The highest BCUT2D eigenvalue weighted by molar-refractivity contribution is 5.65. The highest BCUT2D eigenvalue weighted by Gasteiger charge is 2.15. The number of piperazine rings is 1. The number of nitrogens with two attached hydrogens (primary N) is 1. The first kappa shape index (κ1) is 21.0. The molecule has 3 N–H and O–H groups in total. The van der Waals surface area contributed by atoms with Gasteiger partial charge in [-0.2, -0.15) is 0 Å². The van der Waals surface area contributed by atoms with Gasteiger partial charge in [-0.15, -0.1) is 0 Å². The van der Waals surface area contributed by atoms with E-state index in [1.807, 2.05) is 36.3 Å². The quantitative estimate of drug-likeness (QED) is 0.605. The Morgan fingerprint density at radius 3 is 2.45 bits per heavy atom. The van der Waals surface area contributed by atoms with Crippen molar-refractivity contribution in [3.63, 3.8) is 0 Å². The molecule has 8 heteroatoms. The van der Waals surface area contributed by atoms with E-state index in [0.717, 1.165) is 48.9 Å². The van der Waals surface area contributed by atoms with Crippen LogP contribution in [0.2, 0.25) is 0 Å². The summed E-state index contributed by atoms with van der Waals surface area (Å²) >= 11 is 0. The summed E-state index contributed by atoms with van der Waals surface area (Å²) in [7, 11) is 4.16. The number of rotatable bonds is 7. The molecular weight excluding hydrogens is 388 g/mol. The highest BCUT2D eigenvalue weighted by Crippen LogP contribution is 2.26. The molecule has 0 spiro atoms. The second kappa shape index (κ2) is 9.72. The number of aromatic nitrogens is 3. The van der Waals surface area contributed by atoms with Crippen LogP contribution in [0.5, 0.6) is 0 Å². The molecule has 0 saturated carbocycles. The van der Waals surface area contributed by atoms with Crippen LogP contribution in [0.4, 0.5) is 23.1 Å². The molecule has 4 rings (SSSR count). The fourth-order valence-electron chi connectivity index (χ4n) is 3.59. The number of benzene rings is 1. The van der Waals surface area contributed by atoms with E-state index in [9.17, 15) is 0 Å². The zero-order valence-corrected chi connectivity index (χ0v) is 18.2. The number of anilines is 4. The molecule has 162 valence electrons. The van der Waals surface area contributed by atoms with Crippen LogP contribution in [-0.2, 0) is 0 Å². The molecule has 1 saturated heterocycles. The first-order chi connectivity index (χ1) is 15.1. The van der Waals surface area contributed by atoms with Crippen LogP contribution >= 0.6 is 0 Å². The Morgan fingerprint density at radius 1 is 1.00 bits per heavy atom. The van der Waals surface area contributed by atoms with Crippen LogP contribution in [0, 0.1) is 0 Å². The third-order valence-corrected chi connectivity index (χ3v) is 5.56. The number of hydrogen-bond donors (Lipinski definition) is 2. The molecule has 0 aliphatic carbocycles. The van der Waals surface area contributed by atoms with Crippen molar-refractivity contribution >= 4 is 23.1 Å². The van der Waals surface area contributed by atoms with Gasteiger partial charge in [0.05, 0.1) is 5.69 Å². The molecular formula is C23H30N8. The van der Waals surface area contributed by atoms with Gasteiger partial charge >= 0.3 is 0 Å². The summed E-state index contributed by atoms with van der Waals surface area (Å²) in [6.45, 7) is 5.59. The van der Waals surface area contributed by atoms with E-state index in [0.29, 0.717) is 19.0 Å². The van der Waals surface area contributed by atoms with Gasteiger partial charge in [0, 0.05) is 75.6 Å². The monoisotopic (exact) mass is 418 g/mol. The minimum atomic E-state index is 0.571. The van der Waals surface area contributed by atoms with Crippen LogP contribution < -0.4 is 20.9 Å². The molecule has 1 aliphatic heterocycles. The Balaban J connectivity index is 1.47. The van der Waals surface area contributed by atoms with E-state index >= 15 is 0 Å². The maximum Gasteiger partial charge on any atom is 0.230 e. The lowest BCUT2D eigenvalue weighted by Crippen LogP contribution is -2.44. The molecule has 2 aromatic heterocycles. The van der Waals surface area contributed by atoms with Gasteiger partial charge in [0.25, 0.3) is 0 Å². The Morgan fingerprint density at radius 2 is 1.77 bits per heavy atom. The molecule has 1 fully saturated rings. The number of nitrogens with zero attached hydrogens (tertiary/aromatic N) is 6. The summed E-state index contributed by atoms with van der Waals surface area (Å²) in [4.78, 5) is 20.5. The molecule has 0 bridgehead atoms. The molecule has 0 radical (unpaired) electrons. The molecule has 0 amide bonds. The minimum absolute atomic E-state index is 0.571. The van der Waals surface area contributed by atoms with Crippen LogP contribution in [0.25, 0.3) is 11.3 Å². The average Bonchev–Trinajstić information content (AvgIpc) is 2.83. The van der Waals surface area contributed by atoms with E-state index in [-0.39, 0.29) is 0 Å². The van der Waals surface area contributed by atoms with Crippen molar-refractivity contribution in [2.24, 2.45) is 5.73 Å². The van der Waals surface area contributed by atoms with Crippen molar-refractivity contribution < 1.29 is 0 Å². The Kier molecular flexibility index (Phi) is 6.59. The summed E-state index contributed by atoms with van der Waals surface area (Å²) in [5.74, 6) is 1.45. The van der Waals surface area contributed by atoms with Crippen molar-refractivity contribution in [1.29, 1.82) is 0 Å². The van der Waals surface area contributed by atoms with Crippen molar-refractivity contribution in [2.75, 3.05) is 68.5 Å². The van der Waals surface area contributed by atoms with Crippen LogP contribution in [0.1, 0.15) is 0 Å². The molecule has 31 heavy (non-hydrogen) atoms. The van der Waals surface area contributed by atoms with E-state index in [4.69, 9.17) is 10.7 Å². The standard InChI is InChI=1S/C23H30N8/c1-29-13-15-31(16-14-29)20-6-4-19(5-7-20)30(2)23-26-11-9-21(28-23)18-3-8-22(27-17-18)25-12-10-24/h3-9,11,17H,10,12-16,24H2,1-2H3,(H,25,27). The minimum Gasteiger partial charge on any atom is -0.369 e. The van der Waals surface area contributed by atoms with Crippen molar-refractivity contribution in [1.82, 2.24) is 19.9 Å². The van der Waals surface area contributed by atoms with Gasteiger partial charge in [-0.1, -0.05) is 0 Å². The van der Waals surface area contributed by atoms with Gasteiger partial charge in [-0.3, -0.25) is 0 Å².